The normalized spacial score (nSPS) is 12.2. The summed E-state index contributed by atoms with van der Waals surface area (Å²) in [4.78, 5) is 4.44. The maximum atomic E-state index is 6.10. The van der Waals surface area contributed by atoms with E-state index in [0.717, 1.165) is 22.5 Å². The minimum Gasteiger partial charge on any atom is -0.369 e. The van der Waals surface area contributed by atoms with Crippen molar-refractivity contribution in [2.75, 3.05) is 5.73 Å². The number of rotatable bonds is 1. The first-order valence-electron chi connectivity index (χ1n) is 7.07. The summed E-state index contributed by atoms with van der Waals surface area (Å²) in [5.41, 5.74) is 11.2. The van der Waals surface area contributed by atoms with Gasteiger partial charge in [-0.05, 0) is 30.0 Å². The van der Waals surface area contributed by atoms with Crippen LogP contribution in [-0.4, -0.2) is 19.3 Å². The fourth-order valence-electron chi connectivity index (χ4n) is 2.65. The summed E-state index contributed by atoms with van der Waals surface area (Å²) in [6.07, 6.45) is 0. The summed E-state index contributed by atoms with van der Waals surface area (Å²) >= 11 is 0. The molecule has 2 N–H and O–H groups in total. The Hall–Kier alpha value is -2.30. The number of imidazole rings is 1. The number of aromatic nitrogens is 4. The van der Waals surface area contributed by atoms with Crippen LogP contribution in [0.1, 0.15) is 32.0 Å². The van der Waals surface area contributed by atoms with Crippen molar-refractivity contribution in [3.8, 4) is 5.69 Å². The Balaban J connectivity index is 2.19. The topological polar surface area (TPSA) is 61.7 Å². The molecule has 0 aliphatic heterocycles. The lowest BCUT2D eigenvalue weighted by molar-refractivity contribution is 0.590. The lowest BCUT2D eigenvalue weighted by Crippen LogP contribution is -2.11. The van der Waals surface area contributed by atoms with Crippen molar-refractivity contribution in [1.82, 2.24) is 19.3 Å². The zero-order valence-corrected chi connectivity index (χ0v) is 13.2. The van der Waals surface area contributed by atoms with Crippen LogP contribution in [0.3, 0.4) is 0 Å². The summed E-state index contributed by atoms with van der Waals surface area (Å²) in [6.45, 7) is 8.56. The predicted molar refractivity (Wildman–Crippen MR) is 85.7 cm³/mol. The van der Waals surface area contributed by atoms with Gasteiger partial charge < -0.3 is 5.73 Å². The SMILES string of the molecule is Cc1nn(C)c2c1nc(N)n2-c1ccc(C(C)(C)C)cc1. The van der Waals surface area contributed by atoms with E-state index in [0.29, 0.717) is 5.95 Å². The molecule has 5 nitrogen and oxygen atoms in total. The van der Waals surface area contributed by atoms with E-state index >= 15 is 0 Å². The molecule has 0 bridgehead atoms. The second-order valence-electron chi connectivity index (χ2n) is 6.48. The van der Waals surface area contributed by atoms with Gasteiger partial charge in [-0.3, -0.25) is 4.57 Å². The van der Waals surface area contributed by atoms with Crippen molar-refractivity contribution < 1.29 is 0 Å². The van der Waals surface area contributed by atoms with Crippen molar-refractivity contribution in [3.63, 3.8) is 0 Å². The third-order valence-electron chi connectivity index (χ3n) is 3.82. The van der Waals surface area contributed by atoms with Crippen LogP contribution in [0.15, 0.2) is 24.3 Å². The van der Waals surface area contributed by atoms with Crippen molar-refractivity contribution in [2.45, 2.75) is 33.1 Å². The van der Waals surface area contributed by atoms with Crippen LogP contribution in [-0.2, 0) is 12.5 Å². The highest BCUT2D eigenvalue weighted by Gasteiger charge is 2.18. The minimum absolute atomic E-state index is 0.136. The van der Waals surface area contributed by atoms with E-state index in [4.69, 9.17) is 5.73 Å². The van der Waals surface area contributed by atoms with Crippen LogP contribution in [0.4, 0.5) is 5.95 Å². The molecule has 3 aromatic rings. The van der Waals surface area contributed by atoms with Gasteiger partial charge in [-0.2, -0.15) is 5.10 Å². The molecule has 1 aromatic carbocycles. The molecular formula is C16H21N5. The first kappa shape index (κ1) is 13.7. The first-order valence-corrected chi connectivity index (χ1v) is 7.07. The van der Waals surface area contributed by atoms with Gasteiger partial charge in [0.05, 0.1) is 11.4 Å². The number of fused-ring (bicyclic) bond motifs is 1. The Morgan fingerprint density at radius 2 is 1.71 bits per heavy atom. The van der Waals surface area contributed by atoms with Crippen LogP contribution in [0, 0.1) is 6.92 Å². The zero-order valence-electron chi connectivity index (χ0n) is 13.2. The van der Waals surface area contributed by atoms with Crippen LogP contribution >= 0.6 is 0 Å². The molecule has 2 aromatic heterocycles. The van der Waals surface area contributed by atoms with E-state index in [1.165, 1.54) is 5.56 Å². The molecule has 21 heavy (non-hydrogen) atoms. The molecule has 3 rings (SSSR count). The van der Waals surface area contributed by atoms with Crippen molar-refractivity contribution in [3.05, 3.63) is 35.5 Å². The van der Waals surface area contributed by atoms with Gasteiger partial charge in [0.25, 0.3) is 0 Å². The van der Waals surface area contributed by atoms with Gasteiger partial charge in [0.1, 0.15) is 5.52 Å². The van der Waals surface area contributed by atoms with Gasteiger partial charge >= 0.3 is 0 Å². The number of nitrogens with zero attached hydrogens (tertiary/aromatic N) is 4. The lowest BCUT2D eigenvalue weighted by Gasteiger charge is -2.19. The fourth-order valence-corrected chi connectivity index (χ4v) is 2.65. The van der Waals surface area contributed by atoms with E-state index < -0.39 is 0 Å². The number of hydrogen-bond donors (Lipinski definition) is 1. The maximum Gasteiger partial charge on any atom is 0.207 e. The van der Waals surface area contributed by atoms with Gasteiger partial charge in [0.2, 0.25) is 5.95 Å². The molecule has 0 unspecified atom stereocenters. The van der Waals surface area contributed by atoms with Gasteiger partial charge in [0.15, 0.2) is 5.65 Å². The molecule has 0 spiro atoms. The quantitative estimate of drug-likeness (QED) is 0.747. The Labute approximate surface area is 124 Å². The molecular weight excluding hydrogens is 262 g/mol. The zero-order chi connectivity index (χ0) is 15.4. The Morgan fingerprint density at radius 1 is 1.10 bits per heavy atom. The highest BCUT2D eigenvalue weighted by molar-refractivity contribution is 5.79. The predicted octanol–water partition coefficient (Wildman–Crippen LogP) is 2.95. The summed E-state index contributed by atoms with van der Waals surface area (Å²) in [5.74, 6) is 0.490. The van der Waals surface area contributed by atoms with E-state index in [1.807, 2.05) is 23.2 Å². The number of aryl methyl sites for hydroxylation is 2. The molecule has 0 aliphatic carbocycles. The van der Waals surface area contributed by atoms with E-state index in [1.54, 1.807) is 0 Å². The molecule has 0 aliphatic rings. The van der Waals surface area contributed by atoms with Crippen LogP contribution in [0.25, 0.3) is 16.9 Å². The Kier molecular flexibility index (Phi) is 2.83. The van der Waals surface area contributed by atoms with Crippen LogP contribution < -0.4 is 5.73 Å². The van der Waals surface area contributed by atoms with Crippen LogP contribution in [0.5, 0.6) is 0 Å². The summed E-state index contributed by atoms with van der Waals surface area (Å²) in [6, 6.07) is 8.45. The van der Waals surface area contributed by atoms with Gasteiger partial charge in [-0.1, -0.05) is 32.9 Å². The van der Waals surface area contributed by atoms with Crippen LogP contribution in [0.2, 0.25) is 0 Å². The number of hydrogen-bond acceptors (Lipinski definition) is 3. The van der Waals surface area contributed by atoms with E-state index in [9.17, 15) is 0 Å². The van der Waals surface area contributed by atoms with Gasteiger partial charge in [-0.15, -0.1) is 0 Å². The van der Waals surface area contributed by atoms with E-state index in [2.05, 4.69) is 55.1 Å². The highest BCUT2D eigenvalue weighted by atomic mass is 15.3. The standard InChI is InChI=1S/C16H21N5/c1-10-13-14(20(5)19-10)21(15(17)18-13)12-8-6-11(7-9-12)16(2,3)4/h6-9H,1-5H3,(H2,17,18). The van der Waals surface area contributed by atoms with Crippen molar-refractivity contribution in [1.29, 1.82) is 0 Å². The van der Waals surface area contributed by atoms with Gasteiger partial charge in [-0.25, -0.2) is 9.67 Å². The second kappa shape index (κ2) is 4.35. The number of benzene rings is 1. The molecule has 110 valence electrons. The minimum atomic E-state index is 0.136. The monoisotopic (exact) mass is 283 g/mol. The average Bonchev–Trinajstić information content (AvgIpc) is 2.87. The Bertz CT molecular complexity index is 800. The number of nitrogen functional groups attached to an aromatic ring is 1. The molecule has 0 fully saturated rings. The van der Waals surface area contributed by atoms with Crippen molar-refractivity contribution in [2.24, 2.45) is 7.05 Å². The molecule has 0 saturated heterocycles. The highest BCUT2D eigenvalue weighted by Crippen LogP contribution is 2.27. The fraction of sp³-hybridized carbons (Fsp3) is 0.375. The summed E-state index contributed by atoms with van der Waals surface area (Å²) in [5, 5.41) is 4.41. The Morgan fingerprint density at radius 3 is 2.29 bits per heavy atom. The molecule has 0 atom stereocenters. The molecule has 0 saturated carbocycles. The smallest absolute Gasteiger partial charge is 0.207 e. The van der Waals surface area contributed by atoms with Gasteiger partial charge in [0, 0.05) is 7.05 Å². The third-order valence-corrected chi connectivity index (χ3v) is 3.82. The maximum absolute atomic E-state index is 6.10. The summed E-state index contributed by atoms with van der Waals surface area (Å²) in [7, 11) is 1.91. The second-order valence-corrected chi connectivity index (χ2v) is 6.48. The first-order chi connectivity index (χ1) is 9.79. The largest absolute Gasteiger partial charge is 0.369 e. The molecule has 5 heteroatoms. The third kappa shape index (κ3) is 2.09. The number of nitrogens with two attached hydrogens (primary N) is 1. The number of anilines is 1. The summed E-state index contributed by atoms with van der Waals surface area (Å²) < 4.78 is 3.77. The molecule has 0 radical (unpaired) electrons. The molecule has 2 heterocycles. The average molecular weight is 283 g/mol. The van der Waals surface area contributed by atoms with Crippen molar-refractivity contribution >= 4 is 17.1 Å². The molecule has 0 amide bonds. The lowest BCUT2D eigenvalue weighted by atomic mass is 9.87. The van der Waals surface area contributed by atoms with E-state index in [-0.39, 0.29) is 5.41 Å².